The first-order valence-corrected chi connectivity index (χ1v) is 16.2. The van der Waals surface area contributed by atoms with Gasteiger partial charge in [0.05, 0.1) is 10.0 Å². The van der Waals surface area contributed by atoms with Crippen molar-refractivity contribution in [3.8, 4) is 11.5 Å². The molecule has 0 amide bonds. The van der Waals surface area contributed by atoms with E-state index in [2.05, 4.69) is 48.0 Å². The molecule has 1 N–H and O–H groups in total. The van der Waals surface area contributed by atoms with E-state index in [1.54, 1.807) is 6.07 Å². The minimum absolute atomic E-state index is 0.132. The van der Waals surface area contributed by atoms with Crippen molar-refractivity contribution in [3.05, 3.63) is 92.5 Å². The normalized spacial score (nSPS) is 22.1. The Morgan fingerprint density at radius 3 is 2.44 bits per heavy atom. The average Bonchev–Trinajstić information content (AvgIpc) is 3.17. The largest absolute Gasteiger partial charge is 0.486 e. The molecule has 3 atom stereocenters. The third kappa shape index (κ3) is 6.68. The number of fused-ring (bicyclic) bond motifs is 2. The van der Waals surface area contributed by atoms with Crippen LogP contribution in [0.25, 0.3) is 0 Å². The lowest BCUT2D eigenvalue weighted by Crippen LogP contribution is -2.51. The van der Waals surface area contributed by atoms with Crippen molar-refractivity contribution in [1.82, 2.24) is 9.80 Å². The average molecular weight is 624 g/mol. The number of carboxylic acid groups (broad SMARTS) is 1. The molecule has 0 bridgehead atoms. The highest BCUT2D eigenvalue weighted by molar-refractivity contribution is 6.42. The number of ether oxygens (including phenoxy) is 2. The highest BCUT2D eigenvalue weighted by Crippen LogP contribution is 2.38. The van der Waals surface area contributed by atoms with Crippen LogP contribution in [0.4, 0.5) is 0 Å². The summed E-state index contributed by atoms with van der Waals surface area (Å²) in [5.41, 5.74) is 5.53. The van der Waals surface area contributed by atoms with Crippen LogP contribution in [0, 0.1) is 0 Å². The van der Waals surface area contributed by atoms with E-state index >= 15 is 0 Å². The third-order valence-corrected chi connectivity index (χ3v) is 10.0. The molecule has 228 valence electrons. The monoisotopic (exact) mass is 622 g/mol. The summed E-state index contributed by atoms with van der Waals surface area (Å²) in [5.74, 6) is 0.972. The van der Waals surface area contributed by atoms with Crippen molar-refractivity contribution in [2.75, 3.05) is 13.6 Å². The highest BCUT2D eigenvalue weighted by Gasteiger charge is 2.37. The minimum Gasteiger partial charge on any atom is -0.486 e. The van der Waals surface area contributed by atoms with Crippen LogP contribution in [-0.2, 0) is 24.3 Å². The van der Waals surface area contributed by atoms with Gasteiger partial charge in [-0.15, -0.1) is 0 Å². The molecule has 2 aliphatic heterocycles. The third-order valence-electron chi connectivity index (χ3n) is 9.28. The summed E-state index contributed by atoms with van der Waals surface area (Å²) in [6, 6.07) is 18.1. The summed E-state index contributed by atoms with van der Waals surface area (Å²) in [6.07, 6.45) is 6.85. The molecule has 1 saturated carbocycles. The lowest BCUT2D eigenvalue weighted by Gasteiger charge is -2.41. The summed E-state index contributed by atoms with van der Waals surface area (Å²) < 4.78 is 13.1. The Kier molecular flexibility index (Phi) is 9.20. The molecule has 0 unspecified atom stereocenters. The van der Waals surface area contributed by atoms with E-state index in [0.29, 0.717) is 29.1 Å². The SMILES string of the molecule is CC[C@@H](Oc1ccc([C@H]2CN(C)Cc3cc4c(cc3O2)CN(C2CCCCC2)[C@H](C(=O)O)C4)cc1)c1ccc(Cl)c(Cl)c1. The number of rotatable bonds is 7. The standard InChI is InChI=1S/C35H40Cl2N2O4/c1-3-32(23-11-14-29(36)30(37)16-23)42-28-12-9-22(10-13-28)34-21-38(2)19-26-15-24-17-31(35(40)41)39(27-7-5-4-6-8-27)20-25(24)18-33(26)43-34/h9-16,18,27,31-32,34H,3-8,17,19-21H2,1-2H3,(H,40,41)/t31-,32+,34+/m0/s1. The van der Waals surface area contributed by atoms with Crippen molar-refractivity contribution in [3.63, 3.8) is 0 Å². The number of hydrogen-bond acceptors (Lipinski definition) is 5. The molecule has 3 aromatic rings. The maximum Gasteiger partial charge on any atom is 0.321 e. The van der Waals surface area contributed by atoms with E-state index in [0.717, 1.165) is 66.1 Å². The van der Waals surface area contributed by atoms with Gasteiger partial charge in [0.2, 0.25) is 0 Å². The first-order chi connectivity index (χ1) is 20.8. The Morgan fingerprint density at radius 2 is 1.74 bits per heavy atom. The van der Waals surface area contributed by atoms with Crippen LogP contribution < -0.4 is 9.47 Å². The molecule has 3 aliphatic rings. The summed E-state index contributed by atoms with van der Waals surface area (Å²) >= 11 is 12.4. The molecule has 6 rings (SSSR count). The Balaban J connectivity index is 1.21. The lowest BCUT2D eigenvalue weighted by atomic mass is 9.87. The first kappa shape index (κ1) is 30.3. The predicted molar refractivity (Wildman–Crippen MR) is 170 cm³/mol. The summed E-state index contributed by atoms with van der Waals surface area (Å²) in [5, 5.41) is 11.2. The smallest absolute Gasteiger partial charge is 0.321 e. The van der Waals surface area contributed by atoms with Crippen molar-refractivity contribution in [2.45, 2.75) is 89.3 Å². The fraction of sp³-hybridized carbons (Fsp3) is 0.457. The van der Waals surface area contributed by atoms with Crippen molar-refractivity contribution >= 4 is 29.2 Å². The van der Waals surface area contributed by atoms with Crippen molar-refractivity contribution in [1.29, 1.82) is 0 Å². The van der Waals surface area contributed by atoms with E-state index in [1.807, 2.05) is 24.3 Å². The van der Waals surface area contributed by atoms with Gasteiger partial charge in [0, 0.05) is 31.2 Å². The summed E-state index contributed by atoms with van der Waals surface area (Å²) in [7, 11) is 2.11. The van der Waals surface area contributed by atoms with Gasteiger partial charge in [-0.2, -0.15) is 0 Å². The quantitative estimate of drug-likeness (QED) is 0.286. The van der Waals surface area contributed by atoms with Gasteiger partial charge in [-0.05, 0) is 85.3 Å². The van der Waals surface area contributed by atoms with E-state index in [9.17, 15) is 9.90 Å². The Labute approximate surface area is 264 Å². The molecular weight excluding hydrogens is 583 g/mol. The van der Waals surface area contributed by atoms with E-state index in [1.165, 1.54) is 24.8 Å². The molecule has 0 radical (unpaired) electrons. The van der Waals surface area contributed by atoms with E-state index < -0.39 is 12.0 Å². The Morgan fingerprint density at radius 1 is 0.977 bits per heavy atom. The van der Waals surface area contributed by atoms with Crippen LogP contribution in [0.2, 0.25) is 10.0 Å². The number of benzene rings is 3. The number of carbonyl (C=O) groups is 1. The predicted octanol–water partition coefficient (Wildman–Crippen LogP) is 8.23. The Bertz CT molecular complexity index is 1460. The molecule has 8 heteroatoms. The number of halogens is 2. The van der Waals surface area contributed by atoms with Gasteiger partial charge in [-0.25, -0.2) is 0 Å². The zero-order valence-electron chi connectivity index (χ0n) is 24.9. The van der Waals surface area contributed by atoms with Crippen molar-refractivity contribution < 1.29 is 19.4 Å². The molecular formula is C35H40Cl2N2O4. The van der Waals surface area contributed by atoms with E-state index in [-0.39, 0.29) is 12.2 Å². The topological polar surface area (TPSA) is 62.2 Å². The molecule has 43 heavy (non-hydrogen) atoms. The second-order valence-corrected chi connectivity index (χ2v) is 13.1. The maximum atomic E-state index is 12.3. The molecule has 2 heterocycles. The molecule has 6 nitrogen and oxygen atoms in total. The number of hydrogen-bond donors (Lipinski definition) is 1. The van der Waals surface area contributed by atoms with Gasteiger partial charge in [0.15, 0.2) is 0 Å². The van der Waals surface area contributed by atoms with Gasteiger partial charge >= 0.3 is 5.97 Å². The van der Waals surface area contributed by atoms with Gasteiger partial charge in [0.25, 0.3) is 0 Å². The van der Waals surface area contributed by atoms with Crippen molar-refractivity contribution in [2.24, 2.45) is 0 Å². The van der Waals surface area contributed by atoms with Gasteiger partial charge < -0.3 is 14.6 Å². The van der Waals surface area contributed by atoms with Crippen LogP contribution in [-0.4, -0.2) is 46.6 Å². The van der Waals surface area contributed by atoms with Crippen LogP contribution in [0.3, 0.4) is 0 Å². The molecule has 3 aromatic carbocycles. The van der Waals surface area contributed by atoms with Gasteiger partial charge in [0.1, 0.15) is 29.7 Å². The number of aliphatic carboxylic acids is 1. The molecule has 1 aliphatic carbocycles. The second kappa shape index (κ2) is 13.1. The maximum absolute atomic E-state index is 12.3. The zero-order chi connectivity index (χ0) is 30.1. The number of likely N-dealkylation sites (N-methyl/N-ethyl adjacent to an activating group) is 1. The molecule has 0 saturated heterocycles. The second-order valence-electron chi connectivity index (χ2n) is 12.3. The minimum atomic E-state index is -0.714. The zero-order valence-corrected chi connectivity index (χ0v) is 26.4. The Hall–Kier alpha value is -2.77. The van der Waals surface area contributed by atoms with Crippen LogP contribution in [0.5, 0.6) is 11.5 Å². The highest BCUT2D eigenvalue weighted by atomic mass is 35.5. The van der Waals surface area contributed by atoms with Crippen LogP contribution in [0.1, 0.15) is 85.5 Å². The van der Waals surface area contributed by atoms with Gasteiger partial charge in [-0.1, -0.05) is 73.7 Å². The van der Waals surface area contributed by atoms with Gasteiger partial charge in [-0.3, -0.25) is 14.6 Å². The van der Waals surface area contributed by atoms with E-state index in [4.69, 9.17) is 32.7 Å². The van der Waals surface area contributed by atoms with Crippen LogP contribution in [0.15, 0.2) is 54.6 Å². The fourth-order valence-electron chi connectivity index (χ4n) is 6.97. The lowest BCUT2D eigenvalue weighted by molar-refractivity contribution is -0.145. The molecule has 0 aromatic heterocycles. The number of carboxylic acids is 1. The number of nitrogens with zero attached hydrogens (tertiary/aromatic N) is 2. The fourth-order valence-corrected chi connectivity index (χ4v) is 7.28. The molecule has 0 spiro atoms. The van der Waals surface area contributed by atoms with Crippen LogP contribution >= 0.6 is 23.2 Å². The summed E-state index contributed by atoms with van der Waals surface area (Å²) in [4.78, 5) is 16.8. The first-order valence-electron chi connectivity index (χ1n) is 15.5. The molecule has 1 fully saturated rings. The summed E-state index contributed by atoms with van der Waals surface area (Å²) in [6.45, 7) is 4.25.